The fourth-order valence-electron chi connectivity index (χ4n) is 7.67. The summed E-state index contributed by atoms with van der Waals surface area (Å²) in [6, 6.07) is 15.8. The number of anilines is 2. The summed E-state index contributed by atoms with van der Waals surface area (Å²) >= 11 is 6.44. The Hall–Kier alpha value is -4.08. The summed E-state index contributed by atoms with van der Waals surface area (Å²) in [5.74, 6) is -2.42. The zero-order chi connectivity index (χ0) is 27.3. The maximum Gasteiger partial charge on any atom is 0.270 e. The Kier molecular flexibility index (Phi) is 4.90. The average Bonchev–Trinajstić information content (AvgIpc) is 3.65. The molecule has 4 aliphatic heterocycles. The summed E-state index contributed by atoms with van der Waals surface area (Å²) in [7, 11) is 0. The number of halogens is 1. The Morgan fingerprint density at radius 3 is 2.64 bits per heavy atom. The Morgan fingerprint density at radius 2 is 1.85 bits per heavy atom. The standard InChI is InChI=1S/C29H23ClN4O5/c1-15-20(30)12-11-19-23(15)32-27(37)29(19)25(24(35)16-6-4-7-17(14-16)34(38)39)28(22-10-5-13-33(22)29)18-8-2-3-9-21(18)31-26(28)36/h2-4,6-9,11-12,14,22,25H,5,10,13H2,1H3,(H,31,36)(H,32,37)/t22-,25-,28-,29-/m1/s1. The Bertz CT molecular complexity index is 1660. The Morgan fingerprint density at radius 1 is 1.05 bits per heavy atom. The van der Waals surface area contributed by atoms with Gasteiger partial charge in [0.05, 0.1) is 16.5 Å². The molecule has 4 heterocycles. The number of hydrogen-bond acceptors (Lipinski definition) is 6. The van der Waals surface area contributed by atoms with Crippen LogP contribution < -0.4 is 10.6 Å². The zero-order valence-corrected chi connectivity index (χ0v) is 21.6. The number of carbonyl (C=O) groups excluding carboxylic acids is 3. The van der Waals surface area contributed by atoms with E-state index in [9.17, 15) is 24.5 Å². The predicted octanol–water partition coefficient (Wildman–Crippen LogP) is 4.57. The molecule has 2 spiro atoms. The highest BCUT2D eigenvalue weighted by Gasteiger charge is 2.78. The van der Waals surface area contributed by atoms with Crippen molar-refractivity contribution in [2.45, 2.75) is 36.8 Å². The van der Waals surface area contributed by atoms with Crippen LogP contribution in [0.4, 0.5) is 17.1 Å². The largest absolute Gasteiger partial charge is 0.325 e. The molecule has 3 aromatic rings. The van der Waals surface area contributed by atoms with Crippen LogP contribution in [0.15, 0.2) is 60.7 Å². The molecule has 0 bridgehead atoms. The van der Waals surface area contributed by atoms with Crippen LogP contribution in [-0.2, 0) is 20.5 Å². The number of hydrogen-bond donors (Lipinski definition) is 2. The molecule has 4 aliphatic rings. The first kappa shape index (κ1) is 24.0. The van der Waals surface area contributed by atoms with Crippen molar-refractivity contribution in [3.8, 4) is 0 Å². The van der Waals surface area contributed by atoms with E-state index < -0.39 is 39.5 Å². The highest BCUT2D eigenvalue weighted by atomic mass is 35.5. The molecule has 2 amide bonds. The lowest BCUT2D eigenvalue weighted by Gasteiger charge is -2.38. The van der Waals surface area contributed by atoms with Crippen LogP contribution in [0.25, 0.3) is 0 Å². The number of ketones is 1. The second-order valence-electron chi connectivity index (χ2n) is 10.6. The predicted molar refractivity (Wildman–Crippen MR) is 144 cm³/mol. The van der Waals surface area contributed by atoms with Gasteiger partial charge in [-0.05, 0) is 49.6 Å². The number of nitro benzene ring substituents is 1. The minimum atomic E-state index is -1.51. The molecule has 9 nitrogen and oxygen atoms in total. The van der Waals surface area contributed by atoms with Crippen molar-refractivity contribution in [3.05, 3.63) is 98.1 Å². The van der Waals surface area contributed by atoms with Gasteiger partial charge in [-0.1, -0.05) is 48.0 Å². The lowest BCUT2D eigenvalue weighted by molar-refractivity contribution is -0.384. The molecule has 0 aromatic heterocycles. The van der Waals surface area contributed by atoms with Crippen molar-refractivity contribution in [2.75, 3.05) is 17.2 Å². The number of fused-ring (bicyclic) bond motifs is 7. The molecule has 0 unspecified atom stereocenters. The molecule has 2 saturated heterocycles. The Balaban J connectivity index is 1.58. The van der Waals surface area contributed by atoms with Gasteiger partial charge < -0.3 is 10.6 Å². The molecule has 0 aliphatic carbocycles. The molecule has 3 aromatic carbocycles. The van der Waals surface area contributed by atoms with Crippen LogP contribution in [0.1, 0.15) is 39.9 Å². The summed E-state index contributed by atoms with van der Waals surface area (Å²) < 4.78 is 0. The molecule has 10 heteroatoms. The number of rotatable bonds is 3. The van der Waals surface area contributed by atoms with Gasteiger partial charge in [0.15, 0.2) is 5.78 Å². The summed E-state index contributed by atoms with van der Waals surface area (Å²) in [6.07, 6.45) is 1.36. The van der Waals surface area contributed by atoms with Gasteiger partial charge in [0.25, 0.3) is 5.69 Å². The highest BCUT2D eigenvalue weighted by molar-refractivity contribution is 6.32. The second-order valence-corrected chi connectivity index (χ2v) is 11.0. The maximum absolute atomic E-state index is 14.8. The van der Waals surface area contributed by atoms with E-state index in [1.807, 2.05) is 30.0 Å². The van der Waals surface area contributed by atoms with E-state index >= 15 is 0 Å². The first-order valence-electron chi connectivity index (χ1n) is 12.8. The normalized spacial score (nSPS) is 28.4. The van der Waals surface area contributed by atoms with Gasteiger partial charge >= 0.3 is 0 Å². The van der Waals surface area contributed by atoms with Gasteiger partial charge in [0.2, 0.25) is 11.8 Å². The molecule has 0 radical (unpaired) electrons. The first-order valence-corrected chi connectivity index (χ1v) is 13.2. The van der Waals surface area contributed by atoms with Crippen LogP contribution in [-0.4, -0.2) is 40.0 Å². The van der Waals surface area contributed by atoms with Crippen molar-refractivity contribution < 1.29 is 19.3 Å². The van der Waals surface area contributed by atoms with Gasteiger partial charge in [-0.2, -0.15) is 0 Å². The minimum Gasteiger partial charge on any atom is -0.325 e. The van der Waals surface area contributed by atoms with E-state index in [0.717, 1.165) is 6.42 Å². The topological polar surface area (TPSA) is 122 Å². The summed E-state index contributed by atoms with van der Waals surface area (Å²) in [6.45, 7) is 2.32. The number of Topliss-reactive ketones (excluding diaryl/α,β-unsaturated/α-hetero) is 1. The van der Waals surface area contributed by atoms with Crippen molar-refractivity contribution in [1.29, 1.82) is 0 Å². The molecule has 39 heavy (non-hydrogen) atoms. The molecular weight excluding hydrogens is 520 g/mol. The number of amides is 2. The highest BCUT2D eigenvalue weighted by Crippen LogP contribution is 2.66. The van der Waals surface area contributed by atoms with Gasteiger partial charge in [-0.25, -0.2) is 0 Å². The van der Waals surface area contributed by atoms with Gasteiger partial charge in [0.1, 0.15) is 11.0 Å². The number of non-ortho nitro benzene ring substituents is 1. The van der Waals surface area contributed by atoms with Gasteiger partial charge in [-0.15, -0.1) is 0 Å². The summed E-state index contributed by atoms with van der Waals surface area (Å²) in [4.78, 5) is 56.5. The second kappa shape index (κ2) is 7.97. The lowest BCUT2D eigenvalue weighted by atomic mass is 9.60. The fraction of sp³-hybridized carbons (Fsp3) is 0.276. The molecule has 7 rings (SSSR count). The molecule has 196 valence electrons. The van der Waals surface area contributed by atoms with E-state index in [1.54, 1.807) is 18.2 Å². The smallest absolute Gasteiger partial charge is 0.270 e. The van der Waals surface area contributed by atoms with E-state index in [0.29, 0.717) is 46.1 Å². The van der Waals surface area contributed by atoms with Crippen LogP contribution in [0, 0.1) is 23.0 Å². The van der Waals surface area contributed by atoms with Gasteiger partial charge in [-0.3, -0.25) is 29.4 Å². The maximum atomic E-state index is 14.8. The molecule has 4 atom stereocenters. The molecular formula is C29H23ClN4O5. The number of nitro groups is 1. The number of nitrogens with one attached hydrogen (secondary N) is 2. The third kappa shape index (κ3) is 2.76. The fourth-order valence-corrected chi connectivity index (χ4v) is 7.83. The van der Waals surface area contributed by atoms with Crippen molar-refractivity contribution in [2.24, 2.45) is 5.92 Å². The number of nitrogens with zero attached hydrogens (tertiary/aromatic N) is 2. The van der Waals surface area contributed by atoms with Crippen molar-refractivity contribution in [1.82, 2.24) is 4.90 Å². The minimum absolute atomic E-state index is 0.0817. The SMILES string of the molecule is Cc1c(Cl)ccc2c1NC(=O)[C@]21[C@H](C(=O)c2cccc([N+](=O)[O-])c2)[C@]2(C(=O)Nc3ccccc32)[C@H]2CCCN21. The lowest BCUT2D eigenvalue weighted by Crippen LogP contribution is -2.55. The third-order valence-corrected chi connectivity index (χ3v) is 9.51. The Labute approximate surface area is 228 Å². The zero-order valence-electron chi connectivity index (χ0n) is 20.9. The number of para-hydroxylation sites is 1. The number of carbonyl (C=O) groups is 3. The van der Waals surface area contributed by atoms with Crippen LogP contribution in [0.2, 0.25) is 5.02 Å². The van der Waals surface area contributed by atoms with E-state index in [2.05, 4.69) is 10.6 Å². The number of benzene rings is 3. The summed E-state index contributed by atoms with van der Waals surface area (Å²) in [5.41, 5.74) is 0.0279. The quantitative estimate of drug-likeness (QED) is 0.284. The first-order chi connectivity index (χ1) is 18.7. The van der Waals surface area contributed by atoms with Crippen LogP contribution in [0.3, 0.4) is 0 Å². The monoisotopic (exact) mass is 542 g/mol. The summed E-state index contributed by atoms with van der Waals surface area (Å²) in [5, 5.41) is 18.1. The average molecular weight is 543 g/mol. The molecule has 2 fully saturated rings. The van der Waals surface area contributed by atoms with E-state index in [1.165, 1.54) is 24.3 Å². The van der Waals surface area contributed by atoms with Crippen molar-refractivity contribution >= 4 is 46.3 Å². The van der Waals surface area contributed by atoms with E-state index in [-0.39, 0.29) is 17.2 Å². The van der Waals surface area contributed by atoms with E-state index in [4.69, 9.17) is 11.6 Å². The molecule has 2 N–H and O–H groups in total. The van der Waals surface area contributed by atoms with Gasteiger partial charge in [0, 0.05) is 40.0 Å². The van der Waals surface area contributed by atoms with Crippen LogP contribution in [0.5, 0.6) is 0 Å². The molecule has 0 saturated carbocycles. The van der Waals surface area contributed by atoms with Crippen LogP contribution >= 0.6 is 11.6 Å². The third-order valence-electron chi connectivity index (χ3n) is 9.10. The van der Waals surface area contributed by atoms with Crippen molar-refractivity contribution in [3.63, 3.8) is 0 Å².